The molecule has 0 N–H and O–H groups in total. The van der Waals surface area contributed by atoms with E-state index in [1.807, 2.05) is 23.9 Å². The topological polar surface area (TPSA) is 39.5 Å². The van der Waals surface area contributed by atoms with Gasteiger partial charge in [0.05, 0.1) is 5.69 Å². The highest BCUT2D eigenvalue weighted by Gasteiger charge is 2.17. The monoisotopic (exact) mass is 315 g/mol. The molecule has 5 nitrogen and oxygen atoms in total. The van der Waals surface area contributed by atoms with Crippen molar-refractivity contribution < 1.29 is 9.47 Å². The van der Waals surface area contributed by atoms with Crippen molar-refractivity contribution in [3.05, 3.63) is 30.0 Å². The van der Waals surface area contributed by atoms with Crippen LogP contribution in [-0.4, -0.2) is 41.5 Å². The maximum atomic E-state index is 5.70. The SMILES string of the molecule is CC(C)CN(C)Cc1cn(C)nc1-c1ccc2c(c1)OCCO2. The molecule has 124 valence electrons. The van der Waals surface area contributed by atoms with E-state index in [4.69, 9.17) is 9.47 Å². The van der Waals surface area contributed by atoms with Crippen LogP contribution in [-0.2, 0) is 13.6 Å². The summed E-state index contributed by atoms with van der Waals surface area (Å²) < 4.78 is 13.2. The van der Waals surface area contributed by atoms with Crippen molar-refractivity contribution >= 4 is 0 Å². The minimum atomic E-state index is 0.600. The molecule has 23 heavy (non-hydrogen) atoms. The van der Waals surface area contributed by atoms with E-state index < -0.39 is 0 Å². The summed E-state index contributed by atoms with van der Waals surface area (Å²) in [6, 6.07) is 6.06. The average Bonchev–Trinajstić information content (AvgIpc) is 2.86. The summed E-state index contributed by atoms with van der Waals surface area (Å²) in [6.07, 6.45) is 2.10. The van der Waals surface area contributed by atoms with Gasteiger partial charge >= 0.3 is 0 Å². The number of hydrogen-bond acceptors (Lipinski definition) is 4. The van der Waals surface area contributed by atoms with Crippen LogP contribution in [0.2, 0.25) is 0 Å². The molecule has 0 bridgehead atoms. The van der Waals surface area contributed by atoms with Crippen LogP contribution < -0.4 is 9.47 Å². The third kappa shape index (κ3) is 3.67. The first-order valence-electron chi connectivity index (χ1n) is 8.14. The standard InChI is InChI=1S/C18H25N3O2/c1-13(2)10-20(3)11-15-12-21(4)19-18(15)14-5-6-16-17(9-14)23-8-7-22-16/h5-6,9,12-13H,7-8,10-11H2,1-4H3. The number of hydrogen-bond donors (Lipinski definition) is 0. The van der Waals surface area contributed by atoms with E-state index in [0.717, 1.165) is 35.8 Å². The Morgan fingerprint density at radius 1 is 1.22 bits per heavy atom. The number of ether oxygens (including phenoxy) is 2. The zero-order valence-corrected chi connectivity index (χ0v) is 14.4. The number of aryl methyl sites for hydroxylation is 1. The second kappa shape index (κ2) is 6.62. The van der Waals surface area contributed by atoms with Crippen molar-refractivity contribution in [3.63, 3.8) is 0 Å². The Hall–Kier alpha value is -2.01. The normalized spacial score (nSPS) is 13.8. The van der Waals surface area contributed by atoms with Gasteiger partial charge in [0.15, 0.2) is 11.5 Å². The summed E-state index contributed by atoms with van der Waals surface area (Å²) in [5, 5.41) is 4.66. The Kier molecular flexibility index (Phi) is 4.57. The van der Waals surface area contributed by atoms with Gasteiger partial charge in [0.2, 0.25) is 0 Å². The van der Waals surface area contributed by atoms with E-state index in [0.29, 0.717) is 19.1 Å². The summed E-state index contributed by atoms with van der Waals surface area (Å²) in [7, 11) is 4.12. The van der Waals surface area contributed by atoms with Gasteiger partial charge < -0.3 is 14.4 Å². The van der Waals surface area contributed by atoms with Crippen LogP contribution in [0.5, 0.6) is 11.5 Å². The van der Waals surface area contributed by atoms with Crippen LogP contribution >= 0.6 is 0 Å². The Morgan fingerprint density at radius 3 is 2.70 bits per heavy atom. The van der Waals surface area contributed by atoms with Crippen molar-refractivity contribution in [1.29, 1.82) is 0 Å². The minimum Gasteiger partial charge on any atom is -0.486 e. The van der Waals surface area contributed by atoms with Crippen molar-refractivity contribution in [1.82, 2.24) is 14.7 Å². The smallest absolute Gasteiger partial charge is 0.162 e. The molecule has 0 fully saturated rings. The lowest BCUT2D eigenvalue weighted by molar-refractivity contribution is 0.171. The van der Waals surface area contributed by atoms with Crippen LogP contribution in [0.25, 0.3) is 11.3 Å². The molecule has 0 spiro atoms. The zero-order chi connectivity index (χ0) is 16.4. The fourth-order valence-corrected chi connectivity index (χ4v) is 3.07. The van der Waals surface area contributed by atoms with Gasteiger partial charge in [-0.2, -0.15) is 5.10 Å². The van der Waals surface area contributed by atoms with Gasteiger partial charge in [-0.25, -0.2) is 0 Å². The number of aromatic nitrogens is 2. The number of nitrogens with zero attached hydrogens (tertiary/aromatic N) is 3. The molecule has 1 aromatic heterocycles. The lowest BCUT2D eigenvalue weighted by Crippen LogP contribution is -2.22. The van der Waals surface area contributed by atoms with Crippen LogP contribution in [0.4, 0.5) is 0 Å². The predicted octanol–water partition coefficient (Wildman–Crippen LogP) is 2.95. The molecular formula is C18H25N3O2. The van der Waals surface area contributed by atoms with Crippen molar-refractivity contribution in [2.45, 2.75) is 20.4 Å². The molecule has 0 aliphatic carbocycles. The third-order valence-corrected chi connectivity index (χ3v) is 3.84. The first kappa shape index (κ1) is 15.9. The summed E-state index contributed by atoms with van der Waals surface area (Å²) in [5.41, 5.74) is 3.32. The maximum Gasteiger partial charge on any atom is 0.162 e. The average molecular weight is 315 g/mol. The van der Waals surface area contributed by atoms with Gasteiger partial charge in [-0.15, -0.1) is 0 Å². The first-order valence-corrected chi connectivity index (χ1v) is 8.14. The summed E-state index contributed by atoms with van der Waals surface area (Å²) in [5.74, 6) is 2.27. The molecule has 1 aromatic carbocycles. The Morgan fingerprint density at radius 2 is 1.96 bits per heavy atom. The second-order valence-corrected chi connectivity index (χ2v) is 6.63. The molecule has 5 heteroatoms. The fraction of sp³-hybridized carbons (Fsp3) is 0.500. The summed E-state index contributed by atoms with van der Waals surface area (Å²) in [4.78, 5) is 2.34. The molecule has 2 heterocycles. The predicted molar refractivity (Wildman–Crippen MR) is 90.8 cm³/mol. The van der Waals surface area contributed by atoms with E-state index in [1.165, 1.54) is 5.56 Å². The van der Waals surface area contributed by atoms with Gasteiger partial charge in [-0.1, -0.05) is 13.8 Å². The van der Waals surface area contributed by atoms with Crippen molar-refractivity contribution in [2.75, 3.05) is 26.8 Å². The lowest BCUT2D eigenvalue weighted by Gasteiger charge is -2.20. The second-order valence-electron chi connectivity index (χ2n) is 6.63. The van der Waals surface area contributed by atoms with E-state index in [-0.39, 0.29) is 0 Å². The number of benzene rings is 1. The molecule has 0 radical (unpaired) electrons. The van der Waals surface area contributed by atoms with Crippen LogP contribution in [0, 0.1) is 5.92 Å². The quantitative estimate of drug-likeness (QED) is 0.850. The van der Waals surface area contributed by atoms with E-state index in [2.05, 4.69) is 43.2 Å². The van der Waals surface area contributed by atoms with Crippen LogP contribution in [0.3, 0.4) is 0 Å². The molecule has 0 atom stereocenters. The largest absolute Gasteiger partial charge is 0.486 e. The van der Waals surface area contributed by atoms with E-state index in [1.54, 1.807) is 0 Å². The highest BCUT2D eigenvalue weighted by molar-refractivity contribution is 5.66. The highest BCUT2D eigenvalue weighted by atomic mass is 16.6. The lowest BCUT2D eigenvalue weighted by atomic mass is 10.1. The van der Waals surface area contributed by atoms with Crippen molar-refractivity contribution in [3.8, 4) is 22.8 Å². The molecule has 0 saturated carbocycles. The van der Waals surface area contributed by atoms with Gasteiger partial charge in [-0.05, 0) is 31.2 Å². The van der Waals surface area contributed by atoms with Crippen LogP contribution in [0.1, 0.15) is 19.4 Å². The highest BCUT2D eigenvalue weighted by Crippen LogP contribution is 2.35. The van der Waals surface area contributed by atoms with Gasteiger partial charge in [-0.3, -0.25) is 4.68 Å². The molecule has 0 amide bonds. The molecule has 0 saturated heterocycles. The minimum absolute atomic E-state index is 0.600. The zero-order valence-electron chi connectivity index (χ0n) is 14.4. The molecule has 3 rings (SSSR count). The fourth-order valence-electron chi connectivity index (χ4n) is 3.07. The van der Waals surface area contributed by atoms with E-state index in [9.17, 15) is 0 Å². The first-order chi connectivity index (χ1) is 11.0. The summed E-state index contributed by atoms with van der Waals surface area (Å²) >= 11 is 0. The van der Waals surface area contributed by atoms with Crippen LogP contribution in [0.15, 0.2) is 24.4 Å². The van der Waals surface area contributed by atoms with Gasteiger partial charge in [0.1, 0.15) is 13.2 Å². The molecule has 0 unspecified atom stereocenters. The van der Waals surface area contributed by atoms with E-state index >= 15 is 0 Å². The maximum absolute atomic E-state index is 5.70. The molecule has 1 aliphatic rings. The molecule has 2 aromatic rings. The number of fused-ring (bicyclic) bond motifs is 1. The molecule has 1 aliphatic heterocycles. The molecular weight excluding hydrogens is 290 g/mol. The van der Waals surface area contributed by atoms with Crippen molar-refractivity contribution in [2.24, 2.45) is 13.0 Å². The van der Waals surface area contributed by atoms with Gasteiger partial charge in [0, 0.05) is 37.5 Å². The Labute approximate surface area is 137 Å². The van der Waals surface area contributed by atoms with Gasteiger partial charge in [0.25, 0.3) is 0 Å². The Bertz CT molecular complexity index is 679. The Balaban J connectivity index is 1.88. The third-order valence-electron chi connectivity index (χ3n) is 3.84. The number of rotatable bonds is 5. The summed E-state index contributed by atoms with van der Waals surface area (Å²) in [6.45, 7) is 7.64.